The predicted octanol–water partition coefficient (Wildman–Crippen LogP) is 8.56. The van der Waals surface area contributed by atoms with Crippen molar-refractivity contribution in [3.05, 3.63) is 74.1 Å². The number of amides is 1. The molecule has 0 spiro atoms. The molecular weight excluding hydrogens is 765 g/mol. The summed E-state index contributed by atoms with van der Waals surface area (Å²) in [6.45, 7) is 5.69. The van der Waals surface area contributed by atoms with E-state index >= 15 is 0 Å². The van der Waals surface area contributed by atoms with Gasteiger partial charge in [0.2, 0.25) is 5.91 Å². The van der Waals surface area contributed by atoms with Gasteiger partial charge in [0.05, 0.1) is 71.1 Å². The van der Waals surface area contributed by atoms with Crippen molar-refractivity contribution in [1.82, 2.24) is 5.32 Å². The molecule has 3 aromatic rings. The van der Waals surface area contributed by atoms with Crippen LogP contribution < -0.4 is 24.4 Å². The second-order valence-corrected chi connectivity index (χ2v) is 13.6. The molecule has 2 aliphatic rings. The Morgan fingerprint density at radius 3 is 2.14 bits per heavy atom. The van der Waals surface area contributed by atoms with Crippen LogP contribution in [0.25, 0.3) is 10.4 Å². The Morgan fingerprint density at radius 1 is 0.814 bits per heavy atom. The minimum atomic E-state index is -0.474. The van der Waals surface area contributed by atoms with E-state index in [1.807, 2.05) is 0 Å². The van der Waals surface area contributed by atoms with Crippen LogP contribution in [0.2, 0.25) is 0 Å². The van der Waals surface area contributed by atoms with Gasteiger partial charge in [-0.2, -0.15) is 5.11 Å². The second-order valence-electron chi connectivity index (χ2n) is 13.6. The van der Waals surface area contributed by atoms with Gasteiger partial charge >= 0.3 is 0 Å². The number of anilines is 1. The largest absolute Gasteiger partial charge is 0.494 e. The Kier molecular flexibility index (Phi) is 18.1. The molecule has 316 valence electrons. The number of carbonyl (C=O) groups excluding carboxylic acids is 1. The molecule has 0 bridgehead atoms. The maximum atomic E-state index is 12.4. The number of nitrogens with one attached hydrogen (secondary N) is 1. The zero-order chi connectivity index (χ0) is 41.7. The van der Waals surface area contributed by atoms with Gasteiger partial charge in [0.25, 0.3) is 5.69 Å². The number of azo groups is 2. The molecule has 2 heterocycles. The van der Waals surface area contributed by atoms with Crippen molar-refractivity contribution in [2.24, 2.45) is 25.6 Å². The highest BCUT2D eigenvalue weighted by Crippen LogP contribution is 2.47. The lowest BCUT2D eigenvalue weighted by Gasteiger charge is -2.37. The first-order chi connectivity index (χ1) is 28.9. The van der Waals surface area contributed by atoms with E-state index in [1.54, 1.807) is 12.1 Å². The van der Waals surface area contributed by atoms with Crippen LogP contribution in [0.4, 0.5) is 34.1 Å². The van der Waals surface area contributed by atoms with E-state index in [4.69, 9.17) is 39.1 Å². The molecule has 0 atom stereocenters. The van der Waals surface area contributed by atoms with E-state index in [0.717, 1.165) is 69.3 Å². The molecule has 19 nitrogen and oxygen atoms in total. The third-order valence-corrected chi connectivity index (χ3v) is 9.54. The van der Waals surface area contributed by atoms with Crippen LogP contribution in [0.15, 0.2) is 68.0 Å². The number of nitro benzene ring substituents is 1. The van der Waals surface area contributed by atoms with Gasteiger partial charge in [0, 0.05) is 73.0 Å². The van der Waals surface area contributed by atoms with Gasteiger partial charge in [-0.15, -0.1) is 15.3 Å². The Morgan fingerprint density at radius 2 is 1.46 bits per heavy atom. The molecule has 1 amide bonds. The van der Waals surface area contributed by atoms with Crippen molar-refractivity contribution in [3.8, 4) is 17.2 Å². The molecule has 5 rings (SSSR count). The molecule has 0 saturated carbocycles. The van der Waals surface area contributed by atoms with Crippen molar-refractivity contribution in [2.75, 3.05) is 91.5 Å². The normalized spacial score (nSPS) is 13.3. The molecular formula is C40H52N10O9. The van der Waals surface area contributed by atoms with E-state index < -0.39 is 4.92 Å². The zero-order valence-electron chi connectivity index (χ0n) is 33.7. The Balaban J connectivity index is 1.13. The zero-order valence-corrected chi connectivity index (χ0v) is 33.7. The number of unbranched alkanes of at least 4 members (excludes halogenated alkanes) is 2. The number of nitro groups is 1. The number of hydrogen-bond donors (Lipinski definition) is 1. The summed E-state index contributed by atoms with van der Waals surface area (Å²) in [5, 5.41) is 35.2. The summed E-state index contributed by atoms with van der Waals surface area (Å²) in [5.74, 6) is 1.51. The van der Waals surface area contributed by atoms with Crippen LogP contribution in [0, 0.1) is 10.1 Å². The topological polar surface area (TPSA) is 229 Å². The average Bonchev–Trinajstić information content (AvgIpc) is 3.25. The molecule has 2 aliphatic heterocycles. The summed E-state index contributed by atoms with van der Waals surface area (Å²) in [6.07, 6.45) is 6.68. The summed E-state index contributed by atoms with van der Waals surface area (Å²) < 4.78 is 34.0. The van der Waals surface area contributed by atoms with Crippen molar-refractivity contribution in [2.45, 2.75) is 51.4 Å². The average molecular weight is 817 g/mol. The Labute approximate surface area is 342 Å². The van der Waals surface area contributed by atoms with Gasteiger partial charge in [0.1, 0.15) is 28.6 Å². The summed E-state index contributed by atoms with van der Waals surface area (Å²) in [6, 6.07) is 11.2. The van der Waals surface area contributed by atoms with E-state index in [-0.39, 0.29) is 11.6 Å². The van der Waals surface area contributed by atoms with Gasteiger partial charge in [-0.25, -0.2) is 0 Å². The fourth-order valence-corrected chi connectivity index (χ4v) is 6.71. The molecule has 0 aliphatic carbocycles. The van der Waals surface area contributed by atoms with E-state index in [1.165, 1.54) is 49.7 Å². The number of rotatable bonds is 26. The lowest BCUT2D eigenvalue weighted by Crippen LogP contribution is -2.34. The minimum absolute atomic E-state index is 0.0156. The molecule has 0 radical (unpaired) electrons. The fraction of sp³-hybridized carbons (Fsp3) is 0.525. The number of nitrogens with zero attached hydrogens (tertiary/aromatic N) is 9. The van der Waals surface area contributed by atoms with Crippen LogP contribution in [0.3, 0.4) is 0 Å². The third kappa shape index (κ3) is 13.6. The Bertz CT molecular complexity index is 1950. The van der Waals surface area contributed by atoms with Crippen molar-refractivity contribution >= 4 is 40.0 Å². The number of benzene rings is 3. The number of ether oxygens (including phenoxy) is 6. The number of azide groups is 1. The molecule has 0 saturated heterocycles. The van der Waals surface area contributed by atoms with E-state index in [0.29, 0.717) is 100 Å². The molecule has 3 aromatic carbocycles. The highest BCUT2D eigenvalue weighted by atomic mass is 16.6. The van der Waals surface area contributed by atoms with Crippen molar-refractivity contribution < 1.29 is 38.1 Å². The first kappa shape index (κ1) is 44.2. The molecule has 0 fully saturated rings. The van der Waals surface area contributed by atoms with E-state index in [2.05, 4.69) is 41.7 Å². The first-order valence-corrected chi connectivity index (χ1v) is 19.8. The second kappa shape index (κ2) is 24.1. The first-order valence-electron chi connectivity index (χ1n) is 19.8. The molecule has 19 heteroatoms. The van der Waals surface area contributed by atoms with Crippen molar-refractivity contribution in [1.29, 1.82) is 0 Å². The summed E-state index contributed by atoms with van der Waals surface area (Å²) in [5.41, 5.74) is 13.7. The number of methoxy groups -OCH3 is 2. The smallest absolute Gasteiger partial charge is 0.269 e. The lowest BCUT2D eigenvalue weighted by atomic mass is 9.90. The van der Waals surface area contributed by atoms with Gasteiger partial charge in [0.15, 0.2) is 5.75 Å². The maximum absolute atomic E-state index is 12.4. The highest BCUT2D eigenvalue weighted by molar-refractivity contribution is 5.76. The fourth-order valence-electron chi connectivity index (χ4n) is 6.71. The summed E-state index contributed by atoms with van der Waals surface area (Å²) >= 11 is 0. The van der Waals surface area contributed by atoms with Crippen LogP contribution in [-0.2, 0) is 31.8 Å². The molecule has 0 aromatic heterocycles. The molecule has 59 heavy (non-hydrogen) atoms. The summed E-state index contributed by atoms with van der Waals surface area (Å²) in [7, 11) is 3.04. The van der Waals surface area contributed by atoms with Crippen molar-refractivity contribution in [3.63, 3.8) is 0 Å². The maximum Gasteiger partial charge on any atom is 0.269 e. The van der Waals surface area contributed by atoms with Crippen LogP contribution in [0.5, 0.6) is 17.2 Å². The Hall–Kier alpha value is -5.88. The van der Waals surface area contributed by atoms with Gasteiger partial charge in [-0.3, -0.25) is 14.9 Å². The predicted molar refractivity (Wildman–Crippen MR) is 220 cm³/mol. The third-order valence-electron chi connectivity index (χ3n) is 9.54. The van der Waals surface area contributed by atoms with Crippen LogP contribution >= 0.6 is 0 Å². The number of aryl methyl sites for hydroxylation is 1. The van der Waals surface area contributed by atoms with E-state index in [9.17, 15) is 14.9 Å². The summed E-state index contributed by atoms with van der Waals surface area (Å²) in [4.78, 5) is 28.0. The standard InChI is InChI=1S/C40H52N10O9/c1-54-36-28-34(37(55-2)27-33(36)45-44-30-11-13-31(14-12-30)50(52)53)46-47-35-26-29-8-6-17-49-18-7-9-32(39(29)49)40(35)59-19-5-3-4-10-38(51)42-15-20-56-22-24-58-25-23-57-21-16-43-48-41/h11-14,26-28H,3-10,15-25H2,1-2H3,(H,42,51). The van der Waals surface area contributed by atoms with Crippen LogP contribution in [0.1, 0.15) is 49.7 Å². The monoisotopic (exact) mass is 816 g/mol. The van der Waals surface area contributed by atoms with Gasteiger partial charge < -0.3 is 38.6 Å². The molecule has 0 unspecified atom stereocenters. The quantitative estimate of drug-likeness (QED) is 0.0203. The number of hydrogen-bond acceptors (Lipinski definition) is 15. The number of carbonyl (C=O) groups is 1. The lowest BCUT2D eigenvalue weighted by molar-refractivity contribution is -0.384. The molecule has 1 N–H and O–H groups in total. The highest BCUT2D eigenvalue weighted by Gasteiger charge is 2.29. The number of non-ortho nitro benzene ring substituents is 1. The minimum Gasteiger partial charge on any atom is -0.494 e. The van der Waals surface area contributed by atoms with Gasteiger partial charge in [-0.05, 0) is 74.2 Å². The van der Waals surface area contributed by atoms with Crippen LogP contribution in [-0.4, -0.2) is 97.5 Å². The van der Waals surface area contributed by atoms with Gasteiger partial charge in [-0.1, -0.05) is 5.11 Å². The SMILES string of the molecule is COc1cc(N=Nc2cc3c4c(c2OCCCCCC(=O)NCCOCCOCCOCCN=[N+]=[N-])CCCN4CCC3)c(OC)cc1N=Nc1ccc([N+](=O)[O-])cc1.